The lowest BCUT2D eigenvalue weighted by molar-refractivity contribution is 0.776. The van der Waals surface area contributed by atoms with E-state index >= 15 is 0 Å². The molecule has 0 aliphatic rings. The van der Waals surface area contributed by atoms with Crippen LogP contribution in [0.15, 0.2) is 36.7 Å². The van der Waals surface area contributed by atoms with Gasteiger partial charge in [0.15, 0.2) is 5.65 Å². The van der Waals surface area contributed by atoms with Gasteiger partial charge in [-0.3, -0.25) is 0 Å². The maximum atomic E-state index is 5.38. The molecule has 2 heterocycles. The summed E-state index contributed by atoms with van der Waals surface area (Å²) in [6, 6.07) is 7.80. The van der Waals surface area contributed by atoms with Crippen molar-refractivity contribution in [1.29, 1.82) is 0 Å². The highest BCUT2D eigenvalue weighted by molar-refractivity contribution is 6.17. The highest BCUT2D eigenvalue weighted by atomic mass is 35.5. The maximum absolute atomic E-state index is 5.38. The number of hydrogen-bond donors (Lipinski definition) is 0. The zero-order chi connectivity index (χ0) is 11.6. The van der Waals surface area contributed by atoms with E-state index in [1.807, 2.05) is 24.3 Å². The first-order valence-corrected chi connectivity index (χ1v) is 6.13. The molecule has 0 spiro atoms. The number of aromatic nitrogens is 2. The van der Waals surface area contributed by atoms with Crippen LogP contribution in [0, 0.1) is 0 Å². The molecule has 0 radical (unpaired) electrons. The first kappa shape index (κ1) is 12.9. The Kier molecular flexibility index (Phi) is 6.50. The molecule has 2 aromatic rings. The molecule has 0 saturated heterocycles. The molecule has 2 rings (SSSR count). The second-order valence-electron chi connectivity index (χ2n) is 3.45. The Morgan fingerprint density at radius 3 is 2.06 bits per heavy atom. The van der Waals surface area contributed by atoms with Crippen LogP contribution in [0.4, 0.5) is 0 Å². The van der Waals surface area contributed by atoms with E-state index in [2.05, 4.69) is 16.9 Å². The van der Waals surface area contributed by atoms with Crippen LogP contribution in [0.1, 0.15) is 26.2 Å². The average molecular weight is 237 g/mol. The fraction of sp³-hybridized carbons (Fsp3) is 0.385. The first-order valence-electron chi connectivity index (χ1n) is 5.60. The Morgan fingerprint density at radius 2 is 1.69 bits per heavy atom. The molecule has 0 aliphatic carbocycles. The molecule has 0 aromatic carbocycles. The molecule has 0 amide bonds. The summed E-state index contributed by atoms with van der Waals surface area (Å²) in [5, 5.41) is 1.09. The molecule has 0 atom stereocenters. The molecule has 0 saturated carbocycles. The van der Waals surface area contributed by atoms with Gasteiger partial charge in [0.25, 0.3) is 0 Å². The third-order valence-corrected chi connectivity index (χ3v) is 2.38. The van der Waals surface area contributed by atoms with Gasteiger partial charge in [0, 0.05) is 23.7 Å². The average Bonchev–Trinajstić information content (AvgIpc) is 2.37. The molecule has 86 valence electrons. The van der Waals surface area contributed by atoms with Gasteiger partial charge in [-0.2, -0.15) is 0 Å². The maximum Gasteiger partial charge on any atom is 0.159 e. The molecule has 0 N–H and O–H groups in total. The molecule has 0 aliphatic heterocycles. The summed E-state index contributed by atoms with van der Waals surface area (Å²) in [6.45, 7) is 2.17. The monoisotopic (exact) mass is 236 g/mol. The number of hydrogen-bond acceptors (Lipinski definition) is 2. The number of halogens is 1. The molecule has 16 heavy (non-hydrogen) atoms. The normalized spacial score (nSPS) is 9.62. The minimum absolute atomic E-state index is 0.810. The molecule has 3 heteroatoms. The van der Waals surface area contributed by atoms with Crippen LogP contribution in [0.2, 0.25) is 0 Å². The lowest BCUT2D eigenvalue weighted by Crippen LogP contribution is -1.78. The summed E-state index contributed by atoms with van der Waals surface area (Å²) in [6.07, 6.45) is 7.22. The predicted molar refractivity (Wildman–Crippen MR) is 69.8 cm³/mol. The van der Waals surface area contributed by atoms with E-state index in [1.54, 1.807) is 12.4 Å². The smallest absolute Gasteiger partial charge is 0.159 e. The summed E-state index contributed by atoms with van der Waals surface area (Å²) in [5.74, 6) is 0.827. The summed E-state index contributed by atoms with van der Waals surface area (Å²) >= 11 is 5.38. The van der Waals surface area contributed by atoms with Gasteiger partial charge in [-0.15, -0.1) is 11.6 Å². The van der Waals surface area contributed by atoms with E-state index < -0.39 is 0 Å². The fourth-order valence-electron chi connectivity index (χ4n) is 1.25. The quantitative estimate of drug-likeness (QED) is 0.594. The van der Waals surface area contributed by atoms with Crippen LogP contribution in [0.5, 0.6) is 0 Å². The third kappa shape index (κ3) is 4.58. The topological polar surface area (TPSA) is 25.8 Å². The lowest BCUT2D eigenvalue weighted by atomic mass is 10.3. The Morgan fingerprint density at radius 1 is 1.06 bits per heavy atom. The Hall–Kier alpha value is -1.15. The van der Waals surface area contributed by atoms with Gasteiger partial charge in [0.1, 0.15) is 0 Å². The third-order valence-electron chi connectivity index (χ3n) is 2.11. The van der Waals surface area contributed by atoms with E-state index in [0.717, 1.165) is 16.9 Å². The van der Waals surface area contributed by atoms with Crippen molar-refractivity contribution in [2.24, 2.45) is 0 Å². The Bertz CT molecular complexity index is 334. The largest absolute Gasteiger partial charge is 0.237 e. The van der Waals surface area contributed by atoms with E-state index in [-0.39, 0.29) is 0 Å². The van der Waals surface area contributed by atoms with Crippen molar-refractivity contribution < 1.29 is 0 Å². The predicted octanol–water partition coefficient (Wildman–Crippen LogP) is 4.05. The fourth-order valence-corrected chi connectivity index (χ4v) is 1.44. The van der Waals surface area contributed by atoms with Crippen LogP contribution >= 0.6 is 11.6 Å². The van der Waals surface area contributed by atoms with E-state index in [1.165, 1.54) is 19.3 Å². The highest BCUT2D eigenvalue weighted by Gasteiger charge is 1.88. The lowest BCUT2D eigenvalue weighted by Gasteiger charge is -1.90. The standard InChI is InChI=1S/C8H6N2.C5H11Cl/c1-3-7-4-2-6-10-8(7)9-5-1;1-2-3-4-5-6/h1-6H;2-5H2,1H3. The van der Waals surface area contributed by atoms with Crippen molar-refractivity contribution >= 4 is 22.6 Å². The second-order valence-corrected chi connectivity index (χ2v) is 3.83. The number of alkyl halides is 1. The molecular weight excluding hydrogens is 220 g/mol. The molecule has 2 aromatic heterocycles. The molecule has 0 unspecified atom stereocenters. The zero-order valence-electron chi connectivity index (χ0n) is 9.56. The van der Waals surface area contributed by atoms with Gasteiger partial charge in [-0.25, -0.2) is 9.97 Å². The summed E-state index contributed by atoms with van der Waals surface area (Å²) < 4.78 is 0. The van der Waals surface area contributed by atoms with Crippen LogP contribution in [-0.4, -0.2) is 15.8 Å². The number of pyridine rings is 2. The van der Waals surface area contributed by atoms with Crippen molar-refractivity contribution in [2.75, 3.05) is 5.88 Å². The van der Waals surface area contributed by atoms with E-state index in [0.29, 0.717) is 0 Å². The second kappa shape index (κ2) is 8.05. The van der Waals surface area contributed by atoms with Gasteiger partial charge < -0.3 is 0 Å². The van der Waals surface area contributed by atoms with Gasteiger partial charge in [-0.05, 0) is 30.7 Å². The SMILES string of the molecule is CCCCCCl.c1cnc2ncccc2c1. The number of rotatable bonds is 3. The van der Waals surface area contributed by atoms with Crippen LogP contribution < -0.4 is 0 Å². The minimum Gasteiger partial charge on any atom is -0.237 e. The van der Waals surface area contributed by atoms with E-state index in [9.17, 15) is 0 Å². The minimum atomic E-state index is 0.810. The van der Waals surface area contributed by atoms with Gasteiger partial charge in [0.05, 0.1) is 0 Å². The zero-order valence-corrected chi connectivity index (χ0v) is 10.3. The van der Waals surface area contributed by atoms with Crippen molar-refractivity contribution in [2.45, 2.75) is 26.2 Å². The van der Waals surface area contributed by atoms with Gasteiger partial charge >= 0.3 is 0 Å². The Balaban J connectivity index is 0.000000187. The van der Waals surface area contributed by atoms with Crippen LogP contribution in [-0.2, 0) is 0 Å². The Labute approximate surface area is 102 Å². The molecule has 2 nitrogen and oxygen atoms in total. The van der Waals surface area contributed by atoms with Gasteiger partial charge in [-0.1, -0.05) is 19.8 Å². The molecule has 0 bridgehead atoms. The van der Waals surface area contributed by atoms with Crippen molar-refractivity contribution in [3.05, 3.63) is 36.7 Å². The molecular formula is C13H17ClN2. The van der Waals surface area contributed by atoms with Crippen molar-refractivity contribution in [3.8, 4) is 0 Å². The number of fused-ring (bicyclic) bond motifs is 1. The summed E-state index contributed by atoms with van der Waals surface area (Å²) in [4.78, 5) is 8.14. The first-order chi connectivity index (χ1) is 7.88. The highest BCUT2D eigenvalue weighted by Crippen LogP contribution is 2.04. The van der Waals surface area contributed by atoms with E-state index in [4.69, 9.17) is 11.6 Å². The number of unbranched alkanes of at least 4 members (excludes halogenated alkanes) is 2. The summed E-state index contributed by atoms with van der Waals surface area (Å²) in [5.41, 5.74) is 0.810. The van der Waals surface area contributed by atoms with Gasteiger partial charge in [0.2, 0.25) is 0 Å². The molecule has 0 fully saturated rings. The number of nitrogens with zero attached hydrogens (tertiary/aromatic N) is 2. The van der Waals surface area contributed by atoms with Crippen LogP contribution in [0.3, 0.4) is 0 Å². The van der Waals surface area contributed by atoms with Crippen molar-refractivity contribution in [1.82, 2.24) is 9.97 Å². The summed E-state index contributed by atoms with van der Waals surface area (Å²) in [7, 11) is 0. The van der Waals surface area contributed by atoms with Crippen molar-refractivity contribution in [3.63, 3.8) is 0 Å². The van der Waals surface area contributed by atoms with Crippen LogP contribution in [0.25, 0.3) is 11.0 Å².